The maximum absolute atomic E-state index is 9.71. The average Bonchev–Trinajstić information content (AvgIpc) is 3.45. The Morgan fingerprint density at radius 2 is 2.03 bits per heavy atom. The van der Waals surface area contributed by atoms with E-state index in [1.807, 2.05) is 25.6 Å². The van der Waals surface area contributed by atoms with Crippen LogP contribution < -0.4 is 10.2 Å². The lowest BCUT2D eigenvalue weighted by atomic mass is 9.92. The Morgan fingerprint density at radius 1 is 1.21 bits per heavy atom. The molecule has 3 saturated heterocycles. The molecule has 29 heavy (non-hydrogen) atoms. The number of aromatic nitrogens is 5. The Labute approximate surface area is 170 Å². The number of piperidine rings is 1. The van der Waals surface area contributed by atoms with Crippen molar-refractivity contribution in [1.82, 2.24) is 30.0 Å². The Kier molecular flexibility index (Phi) is 3.54. The molecular weight excluding hydrogens is 384 g/mol. The number of nitrogens with one attached hydrogen (secondary N) is 2. The minimum atomic E-state index is 0.563. The summed E-state index contributed by atoms with van der Waals surface area (Å²) in [7, 11) is 1.89. The highest BCUT2D eigenvalue weighted by Crippen LogP contribution is 2.39. The van der Waals surface area contributed by atoms with Gasteiger partial charge in [0, 0.05) is 67.3 Å². The van der Waals surface area contributed by atoms with E-state index in [0.717, 1.165) is 51.0 Å². The fraction of sp³-hybridized carbons (Fsp3) is 0.300. The van der Waals surface area contributed by atoms with E-state index in [0.29, 0.717) is 17.6 Å². The van der Waals surface area contributed by atoms with Crippen LogP contribution in [0, 0.1) is 11.3 Å². The van der Waals surface area contributed by atoms with Crippen LogP contribution in [-0.4, -0.2) is 49.9 Å². The third-order valence-corrected chi connectivity index (χ3v) is 6.80. The number of hydrogen-bond donors (Lipinski definition) is 2. The summed E-state index contributed by atoms with van der Waals surface area (Å²) in [6, 6.07) is 5.51. The summed E-state index contributed by atoms with van der Waals surface area (Å²) in [6.07, 6.45) is 8.56. The fourth-order valence-electron chi connectivity index (χ4n) is 4.34. The third kappa shape index (κ3) is 2.64. The van der Waals surface area contributed by atoms with Crippen molar-refractivity contribution in [2.24, 2.45) is 7.05 Å². The molecule has 4 aromatic heterocycles. The van der Waals surface area contributed by atoms with E-state index >= 15 is 0 Å². The number of thiazole rings is 1. The maximum Gasteiger partial charge on any atom is 0.185 e. The summed E-state index contributed by atoms with van der Waals surface area (Å²) in [5.74, 6) is 0. The molecule has 8 nitrogen and oxygen atoms in total. The predicted octanol–water partition coefficient (Wildman–Crippen LogP) is 2.51. The molecule has 0 saturated carbocycles. The van der Waals surface area contributed by atoms with Crippen LogP contribution in [-0.2, 0) is 7.05 Å². The molecule has 0 amide bonds. The normalized spacial score (nSPS) is 20.6. The molecule has 0 radical (unpaired) electrons. The van der Waals surface area contributed by atoms with Gasteiger partial charge in [-0.05, 0) is 12.5 Å². The maximum atomic E-state index is 9.71. The number of aryl methyl sites for hydroxylation is 1. The lowest BCUT2D eigenvalue weighted by Crippen LogP contribution is -2.67. The molecule has 2 bridgehead atoms. The molecular formula is C20H18N8S. The molecule has 2 unspecified atom stereocenters. The SMILES string of the molecule is Cn1cc(-c2cc3c(-c4cnc(N5CC6CC(C5)N6)s4)c(C#N)cnc3[nH]2)cn1. The van der Waals surface area contributed by atoms with Crippen LogP contribution in [0.3, 0.4) is 0 Å². The van der Waals surface area contributed by atoms with Crippen molar-refractivity contribution in [3.05, 3.63) is 36.4 Å². The van der Waals surface area contributed by atoms with Crippen LogP contribution in [0.4, 0.5) is 5.13 Å². The van der Waals surface area contributed by atoms with E-state index in [-0.39, 0.29) is 0 Å². The lowest BCUT2D eigenvalue weighted by molar-refractivity contribution is 0.226. The molecule has 4 aromatic rings. The predicted molar refractivity (Wildman–Crippen MR) is 112 cm³/mol. The highest BCUT2D eigenvalue weighted by Gasteiger charge is 2.37. The fourth-order valence-corrected chi connectivity index (χ4v) is 5.34. The second-order valence-electron chi connectivity index (χ2n) is 7.71. The van der Waals surface area contributed by atoms with E-state index < -0.39 is 0 Å². The Balaban J connectivity index is 1.44. The number of hydrogen-bond acceptors (Lipinski definition) is 7. The van der Waals surface area contributed by atoms with Crippen molar-refractivity contribution < 1.29 is 0 Å². The van der Waals surface area contributed by atoms with Crippen LogP contribution in [0.15, 0.2) is 30.9 Å². The van der Waals surface area contributed by atoms with Crippen LogP contribution in [0.5, 0.6) is 0 Å². The van der Waals surface area contributed by atoms with Crippen LogP contribution in [0.1, 0.15) is 12.0 Å². The summed E-state index contributed by atoms with van der Waals surface area (Å²) < 4.78 is 1.77. The highest BCUT2D eigenvalue weighted by molar-refractivity contribution is 7.19. The van der Waals surface area contributed by atoms with Crippen LogP contribution in [0.2, 0.25) is 0 Å². The van der Waals surface area contributed by atoms with E-state index in [4.69, 9.17) is 0 Å². The van der Waals surface area contributed by atoms with Gasteiger partial charge in [0.1, 0.15) is 11.7 Å². The molecule has 2 N–H and O–H groups in total. The van der Waals surface area contributed by atoms with E-state index in [2.05, 4.69) is 42.4 Å². The van der Waals surface area contributed by atoms with Gasteiger partial charge in [-0.15, -0.1) is 0 Å². The molecule has 0 aliphatic carbocycles. The van der Waals surface area contributed by atoms with Gasteiger partial charge in [0.25, 0.3) is 0 Å². The van der Waals surface area contributed by atoms with Gasteiger partial charge in [0.15, 0.2) is 5.13 Å². The van der Waals surface area contributed by atoms with Gasteiger partial charge in [-0.3, -0.25) is 4.68 Å². The van der Waals surface area contributed by atoms with Crippen molar-refractivity contribution in [3.8, 4) is 27.8 Å². The van der Waals surface area contributed by atoms with Gasteiger partial charge in [0.2, 0.25) is 0 Å². The zero-order chi connectivity index (χ0) is 19.5. The molecule has 7 heterocycles. The monoisotopic (exact) mass is 402 g/mol. The van der Waals surface area contributed by atoms with Gasteiger partial charge in [0.05, 0.1) is 22.3 Å². The zero-order valence-electron chi connectivity index (χ0n) is 15.8. The molecule has 3 fully saturated rings. The molecule has 0 spiro atoms. The lowest BCUT2D eigenvalue weighted by Gasteiger charge is -2.48. The average molecular weight is 402 g/mol. The Bertz CT molecular complexity index is 1260. The smallest absolute Gasteiger partial charge is 0.185 e. The number of aromatic amines is 1. The standard InChI is InChI=1S/C20H18N8S/c1-27-8-12(6-24-27)16-3-15-18(11(4-21)5-22-19(15)26-16)17-7-23-20(29-17)28-9-13-2-14(10-28)25-13/h3,5-8,13-14,25H,2,9-10H2,1H3,(H,22,26). The molecule has 3 aliphatic heterocycles. The van der Waals surface area contributed by atoms with E-state index in [1.165, 1.54) is 6.42 Å². The molecule has 3 aliphatic rings. The third-order valence-electron chi connectivity index (χ3n) is 5.73. The molecule has 0 aromatic carbocycles. The Hall–Kier alpha value is -3.22. The number of pyridine rings is 1. The van der Waals surface area contributed by atoms with Gasteiger partial charge < -0.3 is 15.2 Å². The van der Waals surface area contributed by atoms with Crippen molar-refractivity contribution in [2.75, 3.05) is 18.0 Å². The molecule has 144 valence electrons. The van der Waals surface area contributed by atoms with Crippen LogP contribution in [0.25, 0.3) is 32.7 Å². The van der Waals surface area contributed by atoms with Crippen molar-refractivity contribution >= 4 is 27.5 Å². The topological polar surface area (TPSA) is 98.5 Å². The number of nitrogens with zero attached hydrogens (tertiary/aromatic N) is 6. The zero-order valence-corrected chi connectivity index (χ0v) is 16.6. The number of anilines is 1. The quantitative estimate of drug-likeness (QED) is 0.546. The summed E-state index contributed by atoms with van der Waals surface area (Å²) in [5, 5.41) is 19.5. The van der Waals surface area contributed by atoms with Crippen molar-refractivity contribution in [1.29, 1.82) is 5.26 Å². The summed E-state index contributed by atoms with van der Waals surface area (Å²) >= 11 is 1.65. The molecule has 7 rings (SSSR count). The number of piperazine rings is 1. The van der Waals surface area contributed by atoms with Gasteiger partial charge in [-0.2, -0.15) is 10.4 Å². The van der Waals surface area contributed by atoms with Gasteiger partial charge in [-0.1, -0.05) is 11.3 Å². The Morgan fingerprint density at radius 3 is 2.76 bits per heavy atom. The number of rotatable bonds is 3. The summed E-state index contributed by atoms with van der Waals surface area (Å²) in [5.41, 5.74) is 4.14. The second kappa shape index (κ2) is 6.14. The first-order valence-corrected chi connectivity index (χ1v) is 10.4. The first-order valence-electron chi connectivity index (χ1n) is 9.56. The number of nitriles is 1. The van der Waals surface area contributed by atoms with E-state index in [9.17, 15) is 5.26 Å². The van der Waals surface area contributed by atoms with E-state index in [1.54, 1.807) is 22.2 Å². The highest BCUT2D eigenvalue weighted by atomic mass is 32.1. The molecule has 9 heteroatoms. The number of H-pyrrole nitrogens is 1. The largest absolute Gasteiger partial charge is 0.345 e. The van der Waals surface area contributed by atoms with Gasteiger partial charge in [-0.25, -0.2) is 9.97 Å². The minimum absolute atomic E-state index is 0.563. The first kappa shape index (κ1) is 16.7. The van der Waals surface area contributed by atoms with Crippen molar-refractivity contribution in [3.63, 3.8) is 0 Å². The minimum Gasteiger partial charge on any atom is -0.345 e. The summed E-state index contributed by atoms with van der Waals surface area (Å²) in [4.78, 5) is 15.9. The van der Waals surface area contributed by atoms with Gasteiger partial charge >= 0.3 is 0 Å². The number of fused-ring (bicyclic) bond motifs is 3. The molecule has 2 atom stereocenters. The summed E-state index contributed by atoms with van der Waals surface area (Å²) in [6.45, 7) is 1.99. The first-order chi connectivity index (χ1) is 14.2. The van der Waals surface area contributed by atoms with Crippen molar-refractivity contribution in [2.45, 2.75) is 18.5 Å². The second-order valence-corrected chi connectivity index (χ2v) is 8.72. The van der Waals surface area contributed by atoms with Crippen LogP contribution >= 0.6 is 11.3 Å².